The molecule has 1 amide bonds. The minimum absolute atomic E-state index is 0.208. The first-order valence-corrected chi connectivity index (χ1v) is 10.8. The molecule has 0 bridgehead atoms. The topological polar surface area (TPSA) is 65.1 Å². The van der Waals surface area contributed by atoms with Gasteiger partial charge in [0.1, 0.15) is 12.0 Å². The molecule has 7 heteroatoms. The summed E-state index contributed by atoms with van der Waals surface area (Å²) in [5.41, 5.74) is 2.16. The van der Waals surface area contributed by atoms with Gasteiger partial charge in [0.2, 0.25) is 0 Å². The third-order valence-electron chi connectivity index (χ3n) is 5.05. The van der Waals surface area contributed by atoms with E-state index < -0.39 is 10.8 Å². The van der Waals surface area contributed by atoms with Crippen LogP contribution in [0.4, 0.5) is 10.5 Å². The average molecular weight is 381 g/mol. The molecule has 0 N–H and O–H groups in total. The number of amides is 1. The number of methoxy groups -OCH3 is 1. The van der Waals surface area contributed by atoms with E-state index in [9.17, 15) is 9.00 Å². The lowest BCUT2D eigenvalue weighted by Gasteiger charge is -2.28. The van der Waals surface area contributed by atoms with E-state index in [-0.39, 0.29) is 18.3 Å². The lowest BCUT2D eigenvalue weighted by molar-refractivity contribution is 0.0540. The largest absolute Gasteiger partial charge is 0.441 e. The Bertz CT molecular complexity index is 627. The fourth-order valence-electron chi connectivity index (χ4n) is 3.69. The highest BCUT2D eigenvalue weighted by Crippen LogP contribution is 2.35. The molecule has 1 heterocycles. The Kier molecular flexibility index (Phi) is 6.67. The van der Waals surface area contributed by atoms with Crippen molar-refractivity contribution in [2.24, 2.45) is 0 Å². The van der Waals surface area contributed by atoms with E-state index in [0.29, 0.717) is 25.0 Å². The van der Waals surface area contributed by atoms with Crippen LogP contribution in [0, 0.1) is 0 Å². The van der Waals surface area contributed by atoms with Gasteiger partial charge in [-0.2, -0.15) is 0 Å². The smallest absolute Gasteiger partial charge is 0.414 e. The molecular weight excluding hydrogens is 354 g/mol. The van der Waals surface area contributed by atoms with Crippen LogP contribution in [0.15, 0.2) is 24.3 Å². The molecule has 1 saturated carbocycles. The van der Waals surface area contributed by atoms with Crippen molar-refractivity contribution in [2.45, 2.75) is 43.8 Å². The van der Waals surface area contributed by atoms with E-state index in [1.807, 2.05) is 12.1 Å². The number of nitrogens with zero attached hydrogens (tertiary/aromatic N) is 1. The molecule has 6 nitrogen and oxygen atoms in total. The van der Waals surface area contributed by atoms with Gasteiger partial charge >= 0.3 is 6.09 Å². The van der Waals surface area contributed by atoms with Gasteiger partial charge in [-0.1, -0.05) is 12.1 Å². The quantitative estimate of drug-likeness (QED) is 0.726. The minimum atomic E-state index is -0.896. The molecule has 26 heavy (non-hydrogen) atoms. The summed E-state index contributed by atoms with van der Waals surface area (Å²) in [4.78, 5) is 13.7. The molecule has 3 rings (SSSR count). The Morgan fingerprint density at radius 2 is 1.88 bits per heavy atom. The van der Waals surface area contributed by atoms with Crippen LogP contribution in [-0.2, 0) is 25.0 Å². The highest BCUT2D eigenvalue weighted by molar-refractivity contribution is 7.84. The number of hydrogen-bond donors (Lipinski definition) is 0. The summed E-state index contributed by atoms with van der Waals surface area (Å²) in [7, 11) is 0.708. The van der Waals surface area contributed by atoms with Crippen LogP contribution in [0.3, 0.4) is 0 Å². The summed E-state index contributed by atoms with van der Waals surface area (Å²) in [5.74, 6) is 0.850. The Hall–Kier alpha value is -1.44. The third kappa shape index (κ3) is 4.84. The van der Waals surface area contributed by atoms with Crippen molar-refractivity contribution in [1.82, 2.24) is 0 Å². The Labute approximate surface area is 157 Å². The van der Waals surface area contributed by atoms with Gasteiger partial charge in [-0.15, -0.1) is 0 Å². The van der Waals surface area contributed by atoms with Crippen LogP contribution in [0.5, 0.6) is 0 Å². The summed E-state index contributed by atoms with van der Waals surface area (Å²) >= 11 is 0. The van der Waals surface area contributed by atoms with Crippen LogP contribution >= 0.6 is 0 Å². The van der Waals surface area contributed by atoms with E-state index in [1.165, 1.54) is 5.56 Å². The number of benzene rings is 1. The fraction of sp³-hybridized carbons (Fsp3) is 0.632. The average Bonchev–Trinajstić information content (AvgIpc) is 3.01. The van der Waals surface area contributed by atoms with Crippen molar-refractivity contribution < 1.29 is 23.2 Å². The molecule has 1 saturated heterocycles. The van der Waals surface area contributed by atoms with Crippen molar-refractivity contribution >= 4 is 22.6 Å². The van der Waals surface area contributed by atoms with E-state index >= 15 is 0 Å². The molecule has 0 aromatic heterocycles. The van der Waals surface area contributed by atoms with Gasteiger partial charge in [0.05, 0.1) is 19.3 Å². The lowest BCUT2D eigenvalue weighted by Crippen LogP contribution is -2.25. The predicted molar refractivity (Wildman–Crippen MR) is 101 cm³/mol. The molecule has 1 unspecified atom stereocenters. The first-order valence-electron chi connectivity index (χ1n) is 9.05. The maximum Gasteiger partial charge on any atom is 0.414 e. The van der Waals surface area contributed by atoms with Gasteiger partial charge < -0.3 is 14.2 Å². The van der Waals surface area contributed by atoms with Gasteiger partial charge in [0, 0.05) is 29.9 Å². The standard InChI is InChI=1S/C19H27NO5S/c1-23-12-18-11-20(19(21)25-18)16-7-3-14(4-8-16)15-5-9-17(10-6-15)24-13-26(2)22/h3-4,7-8,15,17-18H,5-6,9-13H2,1-2H3/t15?,17?,18-,26?/m0/s1. The Morgan fingerprint density at radius 3 is 2.50 bits per heavy atom. The van der Waals surface area contributed by atoms with Gasteiger partial charge in [-0.05, 0) is 49.3 Å². The number of carbonyl (C=O) groups excluding carboxylic acids is 1. The van der Waals surface area contributed by atoms with Crippen molar-refractivity contribution in [3.05, 3.63) is 29.8 Å². The van der Waals surface area contributed by atoms with Crippen LogP contribution in [0.25, 0.3) is 0 Å². The number of hydrogen-bond acceptors (Lipinski definition) is 5. The predicted octanol–water partition coefficient (Wildman–Crippen LogP) is 3.04. The second-order valence-electron chi connectivity index (χ2n) is 6.99. The van der Waals surface area contributed by atoms with Crippen molar-refractivity contribution in [3.63, 3.8) is 0 Å². The molecule has 1 aromatic carbocycles. The van der Waals surface area contributed by atoms with Gasteiger partial charge in [0.25, 0.3) is 0 Å². The number of cyclic esters (lactones) is 1. The highest BCUT2D eigenvalue weighted by Gasteiger charge is 2.32. The molecule has 2 fully saturated rings. The number of ether oxygens (including phenoxy) is 3. The zero-order valence-electron chi connectivity index (χ0n) is 15.4. The van der Waals surface area contributed by atoms with E-state index in [2.05, 4.69) is 12.1 Å². The maximum atomic E-state index is 12.0. The molecule has 1 aliphatic heterocycles. The Balaban J connectivity index is 1.54. The van der Waals surface area contributed by atoms with Gasteiger partial charge in [-0.25, -0.2) is 4.79 Å². The minimum Gasteiger partial charge on any atom is -0.441 e. The zero-order valence-corrected chi connectivity index (χ0v) is 16.2. The number of carbonyl (C=O) groups is 1. The Morgan fingerprint density at radius 1 is 1.19 bits per heavy atom. The summed E-state index contributed by atoms with van der Waals surface area (Å²) in [5, 5.41) is 0. The van der Waals surface area contributed by atoms with Crippen LogP contribution in [-0.4, -0.2) is 55.0 Å². The van der Waals surface area contributed by atoms with Crippen LogP contribution in [0.1, 0.15) is 37.2 Å². The monoisotopic (exact) mass is 381 g/mol. The second-order valence-corrected chi connectivity index (χ2v) is 8.38. The molecular formula is C19H27NO5S. The first-order chi connectivity index (χ1) is 12.6. The van der Waals surface area contributed by atoms with E-state index in [4.69, 9.17) is 14.2 Å². The summed E-state index contributed by atoms with van der Waals surface area (Å²) in [6.45, 7) is 0.935. The molecule has 2 aliphatic rings. The molecule has 2 atom stereocenters. The van der Waals surface area contributed by atoms with Crippen molar-refractivity contribution in [3.8, 4) is 0 Å². The van der Waals surface area contributed by atoms with Gasteiger partial charge in [0.15, 0.2) is 0 Å². The normalized spacial score (nSPS) is 27.4. The molecule has 0 spiro atoms. The zero-order chi connectivity index (χ0) is 18.5. The summed E-state index contributed by atoms with van der Waals surface area (Å²) in [6.07, 6.45) is 5.52. The van der Waals surface area contributed by atoms with Crippen LogP contribution in [0.2, 0.25) is 0 Å². The molecule has 0 radical (unpaired) electrons. The van der Waals surface area contributed by atoms with Crippen molar-refractivity contribution in [2.75, 3.05) is 37.4 Å². The SMILES string of the molecule is COC[C@@H]1CN(c2ccc(C3CCC(OCS(C)=O)CC3)cc2)C(=O)O1. The summed E-state index contributed by atoms with van der Waals surface area (Å²) in [6, 6.07) is 8.21. The van der Waals surface area contributed by atoms with E-state index in [1.54, 1.807) is 18.3 Å². The van der Waals surface area contributed by atoms with Crippen LogP contribution < -0.4 is 4.90 Å². The number of rotatable bonds is 7. The molecule has 1 aliphatic carbocycles. The van der Waals surface area contributed by atoms with Gasteiger partial charge in [-0.3, -0.25) is 9.11 Å². The highest BCUT2D eigenvalue weighted by atomic mass is 32.2. The first kappa shape index (κ1) is 19.3. The maximum absolute atomic E-state index is 12.0. The van der Waals surface area contributed by atoms with E-state index in [0.717, 1.165) is 31.4 Å². The molecule has 1 aromatic rings. The lowest BCUT2D eigenvalue weighted by atomic mass is 9.82. The number of anilines is 1. The third-order valence-corrected chi connectivity index (χ3v) is 5.51. The fourth-order valence-corrected chi connectivity index (χ4v) is 4.07. The molecule has 144 valence electrons. The second kappa shape index (κ2) is 8.97. The van der Waals surface area contributed by atoms with Crippen molar-refractivity contribution in [1.29, 1.82) is 0 Å². The summed E-state index contributed by atoms with van der Waals surface area (Å²) < 4.78 is 27.2.